The van der Waals surface area contributed by atoms with E-state index in [-0.39, 0.29) is 17.6 Å². The Balaban J connectivity index is 1.40. The zero-order valence-corrected chi connectivity index (χ0v) is 20.8. The summed E-state index contributed by atoms with van der Waals surface area (Å²) in [5.41, 5.74) is 3.77. The molecule has 0 saturated carbocycles. The lowest BCUT2D eigenvalue weighted by Gasteiger charge is -2.33. The van der Waals surface area contributed by atoms with Gasteiger partial charge in [-0.3, -0.25) is 9.78 Å². The number of pyridine rings is 1. The molecule has 1 fully saturated rings. The molecule has 1 amide bonds. The molecule has 5 rings (SSSR count). The average molecular weight is 497 g/mol. The molecular weight excluding hydrogens is 467 g/mol. The molecule has 0 spiro atoms. The average Bonchev–Trinajstić information content (AvgIpc) is 2.96. The Morgan fingerprint density at radius 1 is 1.08 bits per heavy atom. The summed E-state index contributed by atoms with van der Waals surface area (Å²) >= 11 is 0. The Morgan fingerprint density at radius 2 is 1.97 bits per heavy atom. The van der Waals surface area contributed by atoms with E-state index in [1.807, 2.05) is 47.4 Å². The summed E-state index contributed by atoms with van der Waals surface area (Å²) in [4.78, 5) is 28.8. The number of aryl methyl sites for hydroxylation is 1. The highest BCUT2D eigenvalue weighted by molar-refractivity contribution is 5.77. The van der Waals surface area contributed by atoms with Crippen molar-refractivity contribution in [1.82, 2.24) is 19.9 Å². The summed E-state index contributed by atoms with van der Waals surface area (Å²) in [5, 5.41) is 0. The summed E-state index contributed by atoms with van der Waals surface area (Å²) in [6, 6.07) is 18.2. The minimum absolute atomic E-state index is 0.0254. The van der Waals surface area contributed by atoms with Gasteiger partial charge in [0.25, 0.3) is 0 Å². The van der Waals surface area contributed by atoms with E-state index in [4.69, 9.17) is 9.72 Å². The smallest absolute Gasteiger partial charge is 0.222 e. The Bertz CT molecular complexity index is 1380. The maximum absolute atomic E-state index is 14.8. The normalized spacial score (nSPS) is 15.4. The fourth-order valence-electron chi connectivity index (χ4n) is 4.89. The van der Waals surface area contributed by atoms with Gasteiger partial charge in [-0.1, -0.05) is 30.3 Å². The number of amides is 1. The number of rotatable bonds is 7. The number of ether oxygens (including phenoxy) is 1. The molecule has 1 aliphatic heterocycles. The zero-order valence-electron chi connectivity index (χ0n) is 20.8. The van der Waals surface area contributed by atoms with E-state index in [0.29, 0.717) is 42.9 Å². The second-order valence-electron chi connectivity index (χ2n) is 9.24. The number of likely N-dealkylation sites (tertiary alicyclic amines) is 1. The number of carbonyl (C=O) groups is 1. The summed E-state index contributed by atoms with van der Waals surface area (Å²) in [6.07, 6.45) is 7.92. The third kappa shape index (κ3) is 5.66. The molecule has 1 atom stereocenters. The molecular formula is C30H29FN4O2. The van der Waals surface area contributed by atoms with Crippen LogP contribution in [0.2, 0.25) is 0 Å². The van der Waals surface area contributed by atoms with Crippen molar-refractivity contribution >= 4 is 5.91 Å². The van der Waals surface area contributed by atoms with Crippen molar-refractivity contribution in [2.24, 2.45) is 0 Å². The molecule has 2 aromatic carbocycles. The van der Waals surface area contributed by atoms with Crippen LogP contribution in [0.3, 0.4) is 0 Å². The van der Waals surface area contributed by atoms with Crippen LogP contribution in [0.5, 0.6) is 5.75 Å². The topological polar surface area (TPSA) is 68.2 Å². The molecule has 0 bridgehead atoms. The summed E-state index contributed by atoms with van der Waals surface area (Å²) < 4.78 is 20.1. The van der Waals surface area contributed by atoms with Crippen LogP contribution in [0.25, 0.3) is 22.5 Å². The quantitative estimate of drug-likeness (QED) is 0.329. The second-order valence-corrected chi connectivity index (χ2v) is 9.24. The molecule has 1 unspecified atom stereocenters. The molecule has 0 radical (unpaired) electrons. The van der Waals surface area contributed by atoms with Gasteiger partial charge < -0.3 is 9.64 Å². The standard InChI is InChI=1S/C30H29FN4O2/c1-37-24-10-4-7-21(17-24)13-14-28(36)35-16-6-9-23(20-35)29-26(25-11-2-3-12-27(25)31)19-33-30(34-29)22-8-5-15-32-18-22/h2-5,7-8,10-12,15,17-19,23H,6,9,13-14,16,20H2,1H3. The van der Waals surface area contributed by atoms with Crippen LogP contribution < -0.4 is 4.74 Å². The van der Waals surface area contributed by atoms with Gasteiger partial charge in [0.1, 0.15) is 11.6 Å². The Hall–Kier alpha value is -4.13. The summed E-state index contributed by atoms with van der Waals surface area (Å²) in [5.74, 6) is 1.11. The lowest BCUT2D eigenvalue weighted by Crippen LogP contribution is -2.39. The van der Waals surface area contributed by atoms with Crippen molar-refractivity contribution in [2.45, 2.75) is 31.6 Å². The minimum atomic E-state index is -0.316. The van der Waals surface area contributed by atoms with E-state index < -0.39 is 0 Å². The summed E-state index contributed by atoms with van der Waals surface area (Å²) in [7, 11) is 1.64. The predicted molar refractivity (Wildman–Crippen MR) is 141 cm³/mol. The number of piperidine rings is 1. The number of aromatic nitrogens is 3. The fourth-order valence-corrected chi connectivity index (χ4v) is 4.89. The van der Waals surface area contributed by atoms with Crippen molar-refractivity contribution in [3.63, 3.8) is 0 Å². The van der Waals surface area contributed by atoms with Gasteiger partial charge in [-0.2, -0.15) is 0 Å². The number of methoxy groups -OCH3 is 1. The van der Waals surface area contributed by atoms with Crippen molar-refractivity contribution in [3.05, 3.63) is 96.3 Å². The first-order chi connectivity index (χ1) is 18.1. The van der Waals surface area contributed by atoms with E-state index in [0.717, 1.165) is 35.4 Å². The van der Waals surface area contributed by atoms with E-state index in [1.54, 1.807) is 37.8 Å². The Labute approximate surface area is 216 Å². The van der Waals surface area contributed by atoms with Crippen LogP contribution in [0.15, 0.2) is 79.3 Å². The van der Waals surface area contributed by atoms with E-state index in [2.05, 4.69) is 9.97 Å². The van der Waals surface area contributed by atoms with Crippen LogP contribution in [0.4, 0.5) is 4.39 Å². The van der Waals surface area contributed by atoms with Crippen LogP contribution in [-0.2, 0) is 11.2 Å². The first-order valence-electron chi connectivity index (χ1n) is 12.6. The van der Waals surface area contributed by atoms with Gasteiger partial charge >= 0.3 is 0 Å². The van der Waals surface area contributed by atoms with Gasteiger partial charge in [0.15, 0.2) is 5.82 Å². The van der Waals surface area contributed by atoms with Gasteiger partial charge in [-0.15, -0.1) is 0 Å². The van der Waals surface area contributed by atoms with Gasteiger partial charge in [-0.05, 0) is 55.2 Å². The lowest BCUT2D eigenvalue weighted by atomic mass is 9.89. The van der Waals surface area contributed by atoms with Crippen molar-refractivity contribution in [2.75, 3.05) is 20.2 Å². The number of halogens is 1. The van der Waals surface area contributed by atoms with Crippen LogP contribution in [0, 0.1) is 5.82 Å². The molecule has 2 aromatic heterocycles. The molecule has 3 heterocycles. The maximum atomic E-state index is 14.8. The zero-order chi connectivity index (χ0) is 25.6. The van der Waals surface area contributed by atoms with E-state index in [1.165, 1.54) is 6.07 Å². The first-order valence-corrected chi connectivity index (χ1v) is 12.6. The predicted octanol–water partition coefficient (Wildman–Crippen LogP) is 5.69. The van der Waals surface area contributed by atoms with Gasteiger partial charge in [0.2, 0.25) is 5.91 Å². The molecule has 0 aliphatic carbocycles. The minimum Gasteiger partial charge on any atom is -0.497 e. The van der Waals surface area contributed by atoms with Crippen molar-refractivity contribution < 1.29 is 13.9 Å². The molecule has 6 nitrogen and oxygen atoms in total. The Kier molecular flexibility index (Phi) is 7.49. The molecule has 7 heteroatoms. The number of hydrogen-bond acceptors (Lipinski definition) is 5. The van der Waals surface area contributed by atoms with Gasteiger partial charge in [0, 0.05) is 60.7 Å². The fraction of sp³-hybridized carbons (Fsp3) is 0.267. The molecule has 1 aliphatic rings. The highest BCUT2D eigenvalue weighted by atomic mass is 19.1. The number of hydrogen-bond donors (Lipinski definition) is 0. The first kappa shape index (κ1) is 24.6. The molecule has 37 heavy (non-hydrogen) atoms. The van der Waals surface area contributed by atoms with E-state index >= 15 is 0 Å². The second kappa shape index (κ2) is 11.3. The lowest BCUT2D eigenvalue weighted by molar-refractivity contribution is -0.132. The number of nitrogens with zero attached hydrogens (tertiary/aromatic N) is 4. The third-order valence-electron chi connectivity index (χ3n) is 6.82. The molecule has 4 aromatic rings. The molecule has 188 valence electrons. The van der Waals surface area contributed by atoms with Crippen LogP contribution in [-0.4, -0.2) is 46.0 Å². The largest absolute Gasteiger partial charge is 0.497 e. The maximum Gasteiger partial charge on any atom is 0.222 e. The third-order valence-corrected chi connectivity index (χ3v) is 6.82. The van der Waals surface area contributed by atoms with Crippen LogP contribution in [0.1, 0.15) is 36.4 Å². The summed E-state index contributed by atoms with van der Waals surface area (Å²) in [6.45, 7) is 1.25. The SMILES string of the molecule is COc1cccc(CCC(=O)N2CCCC(c3nc(-c4cccnc4)ncc3-c3ccccc3F)C2)c1. The van der Waals surface area contributed by atoms with Crippen molar-refractivity contribution in [3.8, 4) is 28.3 Å². The highest BCUT2D eigenvalue weighted by Crippen LogP contribution is 2.35. The monoisotopic (exact) mass is 496 g/mol. The van der Waals surface area contributed by atoms with Gasteiger partial charge in [-0.25, -0.2) is 14.4 Å². The highest BCUT2D eigenvalue weighted by Gasteiger charge is 2.28. The van der Waals surface area contributed by atoms with Gasteiger partial charge in [0.05, 0.1) is 12.8 Å². The van der Waals surface area contributed by atoms with Crippen LogP contribution >= 0.6 is 0 Å². The van der Waals surface area contributed by atoms with Crippen molar-refractivity contribution in [1.29, 1.82) is 0 Å². The van der Waals surface area contributed by atoms with E-state index in [9.17, 15) is 9.18 Å². The number of benzene rings is 2. The number of carbonyl (C=O) groups excluding carboxylic acids is 1. The Morgan fingerprint density at radius 3 is 2.78 bits per heavy atom. The molecule has 0 N–H and O–H groups in total. The molecule has 1 saturated heterocycles.